The van der Waals surface area contributed by atoms with Crippen LogP contribution in [0.25, 0.3) is 22.3 Å². The highest BCUT2D eigenvalue weighted by Gasteiger charge is 2.18. The normalized spacial score (nSPS) is 17.9. The lowest BCUT2D eigenvalue weighted by Gasteiger charge is -2.27. The molecule has 1 aromatic carbocycles. The van der Waals surface area contributed by atoms with Gasteiger partial charge in [0, 0.05) is 58.8 Å². The zero-order chi connectivity index (χ0) is 29.5. The number of hydrogen-bond acceptors (Lipinski definition) is 7. The van der Waals surface area contributed by atoms with Crippen molar-refractivity contribution in [1.82, 2.24) is 34.7 Å². The second-order valence-electron chi connectivity index (χ2n) is 8.35. The number of aromatic nitrogens is 5. The van der Waals surface area contributed by atoms with Gasteiger partial charge >= 0.3 is 0 Å². The fraction of sp³-hybridized carbons (Fsp3) is 0.360. The number of benzene rings is 1. The van der Waals surface area contributed by atoms with E-state index in [4.69, 9.17) is 8.22 Å². The van der Waals surface area contributed by atoms with Crippen molar-refractivity contribution in [1.29, 1.82) is 0 Å². The molecule has 0 bridgehead atoms. The molecule has 5 rings (SSSR count). The molecule has 8 nitrogen and oxygen atoms in total. The smallest absolute Gasteiger partial charge is 0.229 e. The highest BCUT2D eigenvalue weighted by Crippen LogP contribution is 2.30. The molecule has 2 N–H and O–H groups in total. The third-order valence-electron chi connectivity index (χ3n) is 5.88. The van der Waals surface area contributed by atoms with Crippen LogP contribution >= 0.6 is 0 Å². The Kier molecular flexibility index (Phi) is 4.68. The summed E-state index contributed by atoms with van der Waals surface area (Å²) in [5, 5.41) is 6.22. The number of anilines is 2. The number of rotatable bonds is 6. The predicted molar refractivity (Wildman–Crippen MR) is 131 cm³/mol. The quantitative estimate of drug-likeness (QED) is 0.424. The van der Waals surface area contributed by atoms with Gasteiger partial charge in [-0.3, -0.25) is 4.90 Å². The van der Waals surface area contributed by atoms with Crippen molar-refractivity contribution in [3.8, 4) is 11.3 Å². The van der Waals surface area contributed by atoms with Crippen LogP contribution in [0.1, 0.15) is 39.4 Å². The molecule has 4 heterocycles. The second kappa shape index (κ2) is 9.63. The summed E-state index contributed by atoms with van der Waals surface area (Å²) in [4.78, 5) is 19.0. The first kappa shape index (κ1) is 17.0. The summed E-state index contributed by atoms with van der Waals surface area (Å²) in [6.07, 6.45) is 2.65. The highest BCUT2D eigenvalue weighted by molar-refractivity contribution is 5.83. The van der Waals surface area contributed by atoms with E-state index in [1.54, 1.807) is 12.3 Å². The van der Waals surface area contributed by atoms with Gasteiger partial charge < -0.3 is 15.2 Å². The molecule has 0 aliphatic carbocycles. The molecule has 0 atom stereocenters. The number of aryl methyl sites for hydroxylation is 1. The molecule has 10 heteroatoms. The van der Waals surface area contributed by atoms with Crippen molar-refractivity contribution in [3.63, 3.8) is 0 Å². The van der Waals surface area contributed by atoms with Gasteiger partial charge in [0.15, 0.2) is 11.6 Å². The Morgan fingerprint density at radius 3 is 2.66 bits per heavy atom. The number of hydrogen-bond donors (Lipinski definition) is 2. The summed E-state index contributed by atoms with van der Waals surface area (Å²) in [6.45, 7) is 0.0184. The van der Waals surface area contributed by atoms with Crippen LogP contribution in [-0.4, -0.2) is 55.6 Å². The summed E-state index contributed by atoms with van der Waals surface area (Å²) in [5.74, 6) is -1.34. The van der Waals surface area contributed by atoms with Crippen molar-refractivity contribution in [3.05, 3.63) is 59.7 Å². The molecule has 3 aromatic heterocycles. The first-order valence-electron chi connectivity index (χ1n) is 14.2. The molecule has 1 aliphatic heterocycles. The maximum Gasteiger partial charge on any atom is 0.229 e. The van der Waals surface area contributed by atoms with Gasteiger partial charge in [0.2, 0.25) is 5.95 Å². The summed E-state index contributed by atoms with van der Waals surface area (Å²) >= 11 is 0. The zero-order valence-electron chi connectivity index (χ0n) is 25.0. The lowest BCUT2D eigenvalue weighted by Crippen LogP contribution is -2.42. The predicted octanol–water partition coefficient (Wildman–Crippen LogP) is 4.20. The van der Waals surface area contributed by atoms with E-state index in [0.717, 1.165) is 55.1 Å². The van der Waals surface area contributed by atoms with Crippen molar-refractivity contribution < 1.29 is 17.0 Å². The Balaban J connectivity index is 1.47. The average Bonchev–Trinajstić information content (AvgIpc) is 3.21. The van der Waals surface area contributed by atoms with Gasteiger partial charge in [0.25, 0.3) is 0 Å². The number of nitrogens with one attached hydrogen (secondary N) is 2. The van der Waals surface area contributed by atoms with Crippen LogP contribution in [0.4, 0.5) is 20.5 Å². The van der Waals surface area contributed by atoms with Crippen molar-refractivity contribution in [2.24, 2.45) is 0 Å². The van der Waals surface area contributed by atoms with Crippen LogP contribution in [0, 0.1) is 18.6 Å². The third kappa shape index (κ3) is 4.85. The number of piperazine rings is 1. The minimum atomic E-state index is -2.96. The van der Waals surface area contributed by atoms with Crippen LogP contribution in [0.2, 0.25) is 0 Å². The van der Waals surface area contributed by atoms with Gasteiger partial charge in [-0.2, -0.15) is 0 Å². The summed E-state index contributed by atoms with van der Waals surface area (Å²) in [7, 11) is 0. The standard InChI is InChI=1S/C25H28F2N8/c1-15(2)35-16(3)31-24-19(26)10-18(11-21(24)35)23-20(27)13-30-25(33-23)32-22-5-4-17(12-29-22)14-34-8-6-28-7-9-34/h4-5,10-13,15,28H,6-9,14H2,1-3H3,(H,29,30,32,33)/i1D3,2D3. The van der Waals surface area contributed by atoms with E-state index in [0.29, 0.717) is 5.82 Å². The first-order chi connectivity index (χ1) is 19.3. The largest absolute Gasteiger partial charge is 0.326 e. The van der Waals surface area contributed by atoms with Gasteiger partial charge in [-0.15, -0.1) is 0 Å². The molecule has 4 aromatic rings. The Morgan fingerprint density at radius 2 is 1.91 bits per heavy atom. The van der Waals surface area contributed by atoms with Gasteiger partial charge in [-0.1, -0.05) is 6.07 Å². The SMILES string of the molecule is [2H]C([2H])([2H])C(n1c(C)nc2c(F)cc(-c3nc(Nc4ccc(CN5CCNCC5)cn4)ncc3F)cc21)C([2H])([2H])[2H]. The van der Waals surface area contributed by atoms with Gasteiger partial charge in [0.05, 0.1) is 11.7 Å². The fourth-order valence-corrected chi connectivity index (χ4v) is 4.20. The molecule has 0 spiro atoms. The van der Waals surface area contributed by atoms with Crippen LogP contribution in [0.3, 0.4) is 0 Å². The van der Waals surface area contributed by atoms with Crippen molar-refractivity contribution in [2.75, 3.05) is 31.5 Å². The van der Waals surface area contributed by atoms with E-state index in [1.807, 2.05) is 6.07 Å². The summed E-state index contributed by atoms with van der Waals surface area (Å²) in [6, 6.07) is 3.96. The Bertz CT molecular complexity index is 1540. The number of imidazole rings is 1. The number of fused-ring (bicyclic) bond motifs is 1. The molecule has 0 radical (unpaired) electrons. The summed E-state index contributed by atoms with van der Waals surface area (Å²) in [5.41, 5.74) is 0.365. The molecule has 1 aliphatic rings. The Morgan fingerprint density at radius 1 is 1.09 bits per heavy atom. The van der Waals surface area contributed by atoms with Crippen LogP contribution < -0.4 is 10.6 Å². The van der Waals surface area contributed by atoms with E-state index >= 15 is 4.39 Å². The van der Waals surface area contributed by atoms with Crippen LogP contribution in [0.15, 0.2) is 36.7 Å². The lowest BCUT2D eigenvalue weighted by molar-refractivity contribution is 0.233. The monoisotopic (exact) mass is 484 g/mol. The van der Waals surface area contributed by atoms with Gasteiger partial charge in [-0.05, 0) is 44.4 Å². The van der Waals surface area contributed by atoms with Crippen molar-refractivity contribution >= 4 is 22.8 Å². The molecular weight excluding hydrogens is 450 g/mol. The first-order valence-corrected chi connectivity index (χ1v) is 11.2. The molecule has 1 saturated heterocycles. The van der Waals surface area contributed by atoms with E-state index in [1.165, 1.54) is 13.0 Å². The van der Waals surface area contributed by atoms with Crippen molar-refractivity contribution in [2.45, 2.75) is 33.2 Å². The van der Waals surface area contributed by atoms with E-state index in [9.17, 15) is 4.39 Å². The van der Waals surface area contributed by atoms with E-state index < -0.39 is 31.4 Å². The summed E-state index contributed by atoms with van der Waals surface area (Å²) < 4.78 is 78.2. The molecule has 0 saturated carbocycles. The van der Waals surface area contributed by atoms with Gasteiger partial charge in [0.1, 0.15) is 22.9 Å². The zero-order valence-corrected chi connectivity index (χ0v) is 19.0. The number of pyridine rings is 1. The minimum absolute atomic E-state index is 0.00296. The average molecular weight is 485 g/mol. The highest BCUT2D eigenvalue weighted by atomic mass is 19.1. The lowest BCUT2D eigenvalue weighted by atomic mass is 10.1. The Labute approximate surface area is 210 Å². The van der Waals surface area contributed by atoms with E-state index in [2.05, 4.69) is 35.5 Å². The maximum atomic E-state index is 15.2. The Hall–Kier alpha value is -3.50. The minimum Gasteiger partial charge on any atom is -0.326 e. The maximum absolute atomic E-state index is 15.2. The molecule has 182 valence electrons. The van der Waals surface area contributed by atoms with Crippen LogP contribution in [-0.2, 0) is 6.54 Å². The topological polar surface area (TPSA) is 83.8 Å². The number of nitrogens with zero attached hydrogens (tertiary/aromatic N) is 6. The second-order valence-corrected chi connectivity index (χ2v) is 8.35. The molecule has 35 heavy (non-hydrogen) atoms. The number of halogens is 2. The van der Waals surface area contributed by atoms with E-state index in [-0.39, 0.29) is 34.1 Å². The molecular formula is C25H28F2N8. The molecule has 0 amide bonds. The van der Waals surface area contributed by atoms with Crippen LogP contribution in [0.5, 0.6) is 0 Å². The fourth-order valence-electron chi connectivity index (χ4n) is 4.20. The molecule has 0 unspecified atom stereocenters. The molecule has 1 fully saturated rings. The third-order valence-corrected chi connectivity index (χ3v) is 5.88. The van der Waals surface area contributed by atoms with Gasteiger partial charge in [-0.25, -0.2) is 28.7 Å².